The second-order valence-electron chi connectivity index (χ2n) is 5.62. The maximum Gasteiger partial charge on any atom is 0.246 e. The highest BCUT2D eigenvalue weighted by molar-refractivity contribution is 5.06. The smallest absolute Gasteiger partial charge is 0.246 e. The standard InChI is InChI=1S/C13H23N3O3/c1-8-5-4-6-13(7-8,18-3)12-15-11(19-16-12)10(14)9(2)17/h8-10,17H,4-7,14H2,1-3H3. The van der Waals surface area contributed by atoms with Gasteiger partial charge in [-0.15, -0.1) is 0 Å². The molecule has 1 aliphatic carbocycles. The van der Waals surface area contributed by atoms with Gasteiger partial charge < -0.3 is 20.1 Å². The maximum absolute atomic E-state index is 9.47. The van der Waals surface area contributed by atoms with E-state index in [2.05, 4.69) is 17.1 Å². The van der Waals surface area contributed by atoms with Gasteiger partial charge in [-0.25, -0.2) is 0 Å². The van der Waals surface area contributed by atoms with E-state index in [0.717, 1.165) is 19.3 Å². The van der Waals surface area contributed by atoms with E-state index >= 15 is 0 Å². The summed E-state index contributed by atoms with van der Waals surface area (Å²) in [4.78, 5) is 4.34. The van der Waals surface area contributed by atoms with Gasteiger partial charge in [0.2, 0.25) is 11.7 Å². The first-order valence-electron chi connectivity index (χ1n) is 6.81. The molecule has 4 unspecified atom stereocenters. The molecule has 6 nitrogen and oxygen atoms in total. The van der Waals surface area contributed by atoms with Gasteiger partial charge in [0, 0.05) is 7.11 Å². The predicted octanol–water partition coefficient (Wildman–Crippen LogP) is 1.50. The zero-order chi connectivity index (χ0) is 14.0. The van der Waals surface area contributed by atoms with Crippen LogP contribution in [0.15, 0.2) is 4.52 Å². The third kappa shape index (κ3) is 2.80. The molecule has 0 aromatic carbocycles. The molecular formula is C13H23N3O3. The second-order valence-corrected chi connectivity index (χ2v) is 5.62. The number of ether oxygens (including phenoxy) is 1. The number of nitrogens with two attached hydrogens (primary N) is 1. The van der Waals surface area contributed by atoms with Crippen molar-refractivity contribution in [1.29, 1.82) is 0 Å². The van der Waals surface area contributed by atoms with Crippen molar-refractivity contribution in [2.45, 2.75) is 57.3 Å². The van der Waals surface area contributed by atoms with Gasteiger partial charge in [0.05, 0.1) is 6.10 Å². The molecule has 0 bridgehead atoms. The first-order chi connectivity index (χ1) is 8.98. The zero-order valence-electron chi connectivity index (χ0n) is 11.8. The highest BCUT2D eigenvalue weighted by Crippen LogP contribution is 2.41. The molecule has 1 aliphatic rings. The lowest BCUT2D eigenvalue weighted by Gasteiger charge is -2.36. The first-order valence-corrected chi connectivity index (χ1v) is 6.81. The predicted molar refractivity (Wildman–Crippen MR) is 69.2 cm³/mol. The van der Waals surface area contributed by atoms with Gasteiger partial charge in [-0.1, -0.05) is 18.5 Å². The van der Waals surface area contributed by atoms with Gasteiger partial charge in [-0.3, -0.25) is 0 Å². The number of aromatic nitrogens is 2. The van der Waals surface area contributed by atoms with E-state index in [4.69, 9.17) is 15.0 Å². The largest absolute Gasteiger partial charge is 0.391 e. The highest BCUT2D eigenvalue weighted by atomic mass is 16.5. The molecule has 108 valence electrons. The molecule has 0 aliphatic heterocycles. The lowest BCUT2D eigenvalue weighted by Crippen LogP contribution is -2.35. The quantitative estimate of drug-likeness (QED) is 0.860. The summed E-state index contributed by atoms with van der Waals surface area (Å²) >= 11 is 0. The van der Waals surface area contributed by atoms with E-state index in [1.54, 1.807) is 14.0 Å². The molecule has 0 spiro atoms. The average Bonchev–Trinajstić information content (AvgIpc) is 2.87. The van der Waals surface area contributed by atoms with E-state index in [-0.39, 0.29) is 5.89 Å². The lowest BCUT2D eigenvalue weighted by molar-refractivity contribution is -0.0658. The van der Waals surface area contributed by atoms with Crippen molar-refractivity contribution in [3.8, 4) is 0 Å². The first kappa shape index (κ1) is 14.4. The van der Waals surface area contributed by atoms with Gasteiger partial charge in [0.1, 0.15) is 11.6 Å². The van der Waals surface area contributed by atoms with Crippen molar-refractivity contribution in [1.82, 2.24) is 10.1 Å². The zero-order valence-corrected chi connectivity index (χ0v) is 11.8. The molecule has 0 amide bonds. The molecule has 3 N–H and O–H groups in total. The molecule has 2 rings (SSSR count). The van der Waals surface area contributed by atoms with Crippen LogP contribution in [0.1, 0.15) is 57.3 Å². The summed E-state index contributed by atoms with van der Waals surface area (Å²) in [6, 6.07) is -0.656. The molecule has 4 atom stereocenters. The number of hydrogen-bond donors (Lipinski definition) is 2. The Balaban J connectivity index is 2.24. The summed E-state index contributed by atoms with van der Waals surface area (Å²) < 4.78 is 10.9. The van der Waals surface area contributed by atoms with Crippen LogP contribution in [0.3, 0.4) is 0 Å². The Morgan fingerprint density at radius 2 is 2.32 bits per heavy atom. The minimum Gasteiger partial charge on any atom is -0.391 e. The van der Waals surface area contributed by atoms with E-state index < -0.39 is 17.7 Å². The van der Waals surface area contributed by atoms with Crippen LogP contribution in [0.25, 0.3) is 0 Å². The van der Waals surface area contributed by atoms with Gasteiger partial charge >= 0.3 is 0 Å². The van der Waals surface area contributed by atoms with Crippen molar-refractivity contribution >= 4 is 0 Å². The third-order valence-electron chi connectivity index (χ3n) is 4.00. The summed E-state index contributed by atoms with van der Waals surface area (Å²) in [6.45, 7) is 3.80. The molecule has 0 saturated heterocycles. The number of methoxy groups -OCH3 is 1. The van der Waals surface area contributed by atoms with E-state index in [1.165, 1.54) is 6.42 Å². The Morgan fingerprint density at radius 3 is 2.89 bits per heavy atom. The molecule has 1 aromatic rings. The van der Waals surface area contributed by atoms with Crippen LogP contribution < -0.4 is 5.73 Å². The fourth-order valence-corrected chi connectivity index (χ4v) is 2.74. The van der Waals surface area contributed by atoms with Crippen molar-refractivity contribution in [2.24, 2.45) is 11.7 Å². The van der Waals surface area contributed by atoms with Crippen LogP contribution in [0.4, 0.5) is 0 Å². The van der Waals surface area contributed by atoms with Gasteiger partial charge in [0.15, 0.2) is 0 Å². The lowest BCUT2D eigenvalue weighted by atomic mass is 9.78. The normalized spacial score (nSPS) is 31.1. The van der Waals surface area contributed by atoms with Gasteiger partial charge in [-0.05, 0) is 32.1 Å². The highest BCUT2D eigenvalue weighted by Gasteiger charge is 2.41. The topological polar surface area (TPSA) is 94.4 Å². The Kier molecular flexibility index (Phi) is 4.23. The third-order valence-corrected chi connectivity index (χ3v) is 4.00. The monoisotopic (exact) mass is 269 g/mol. The molecule has 1 aromatic heterocycles. The molecular weight excluding hydrogens is 246 g/mol. The van der Waals surface area contributed by atoms with Crippen LogP contribution in [0, 0.1) is 5.92 Å². The Labute approximate surface area is 113 Å². The maximum atomic E-state index is 9.47. The molecule has 6 heteroatoms. The van der Waals surface area contributed by atoms with Crippen LogP contribution in [-0.2, 0) is 10.3 Å². The summed E-state index contributed by atoms with van der Waals surface area (Å²) in [5.74, 6) is 1.38. The SMILES string of the molecule is COC1(c2noc(C(N)C(C)O)n2)CCCC(C)C1. The minimum atomic E-state index is -0.725. The van der Waals surface area contributed by atoms with E-state index in [9.17, 15) is 5.11 Å². The van der Waals surface area contributed by atoms with Crippen molar-refractivity contribution in [3.05, 3.63) is 11.7 Å². The Hall–Kier alpha value is -0.980. The number of aliphatic hydroxyl groups is 1. The molecule has 1 fully saturated rings. The van der Waals surface area contributed by atoms with Crippen molar-refractivity contribution in [3.63, 3.8) is 0 Å². The summed E-state index contributed by atoms with van der Waals surface area (Å²) in [7, 11) is 1.68. The van der Waals surface area contributed by atoms with Crippen LogP contribution in [0.5, 0.6) is 0 Å². The minimum absolute atomic E-state index is 0.264. The van der Waals surface area contributed by atoms with Gasteiger partial charge in [0.25, 0.3) is 0 Å². The molecule has 0 radical (unpaired) electrons. The summed E-state index contributed by atoms with van der Waals surface area (Å²) in [6.07, 6.45) is 3.32. The van der Waals surface area contributed by atoms with E-state index in [0.29, 0.717) is 11.7 Å². The average molecular weight is 269 g/mol. The fraction of sp³-hybridized carbons (Fsp3) is 0.846. The molecule has 19 heavy (non-hydrogen) atoms. The number of nitrogens with zero attached hydrogens (tertiary/aromatic N) is 2. The summed E-state index contributed by atoms with van der Waals surface area (Å²) in [5, 5.41) is 13.5. The number of rotatable bonds is 4. The van der Waals surface area contributed by atoms with Crippen LogP contribution in [0.2, 0.25) is 0 Å². The number of hydrogen-bond acceptors (Lipinski definition) is 6. The molecule has 1 heterocycles. The van der Waals surface area contributed by atoms with Crippen LogP contribution in [-0.4, -0.2) is 28.5 Å². The Morgan fingerprint density at radius 1 is 1.58 bits per heavy atom. The van der Waals surface area contributed by atoms with Crippen LogP contribution >= 0.6 is 0 Å². The van der Waals surface area contributed by atoms with E-state index in [1.807, 2.05) is 0 Å². The Bertz CT molecular complexity index is 421. The summed E-state index contributed by atoms with van der Waals surface area (Å²) in [5.41, 5.74) is 5.33. The van der Waals surface area contributed by atoms with Crippen molar-refractivity contribution < 1.29 is 14.4 Å². The number of aliphatic hydroxyl groups excluding tert-OH is 1. The van der Waals surface area contributed by atoms with Crippen molar-refractivity contribution in [2.75, 3.05) is 7.11 Å². The van der Waals surface area contributed by atoms with Gasteiger partial charge in [-0.2, -0.15) is 4.98 Å². The fourth-order valence-electron chi connectivity index (χ4n) is 2.74. The second kappa shape index (κ2) is 5.56. The molecule has 1 saturated carbocycles.